The molecule has 3 aromatic heterocycles. The summed E-state index contributed by atoms with van der Waals surface area (Å²) in [5.74, 6) is 2.58. The van der Waals surface area contributed by atoms with Crippen molar-refractivity contribution in [1.29, 1.82) is 0 Å². The molecule has 0 saturated carbocycles. The fraction of sp³-hybridized carbons (Fsp3) is 0.412. The van der Waals surface area contributed by atoms with Crippen LogP contribution >= 0.6 is 0 Å². The van der Waals surface area contributed by atoms with Crippen molar-refractivity contribution in [1.82, 2.24) is 24.7 Å². The van der Waals surface area contributed by atoms with Gasteiger partial charge < -0.3 is 14.5 Å². The lowest BCUT2D eigenvalue weighted by Crippen LogP contribution is -2.26. The molecule has 3 aromatic rings. The number of ether oxygens (including phenoxy) is 1. The molecule has 4 rings (SSSR count). The first-order valence-electron chi connectivity index (χ1n) is 8.30. The van der Waals surface area contributed by atoms with E-state index < -0.39 is 0 Å². The first kappa shape index (κ1) is 15.6. The van der Waals surface area contributed by atoms with Gasteiger partial charge in [-0.25, -0.2) is 15.0 Å². The van der Waals surface area contributed by atoms with E-state index in [9.17, 15) is 0 Å². The van der Waals surface area contributed by atoms with Crippen LogP contribution in [0.2, 0.25) is 0 Å². The molecule has 130 valence electrons. The lowest BCUT2D eigenvalue weighted by molar-refractivity contribution is 0.225. The second-order valence-corrected chi connectivity index (χ2v) is 6.40. The highest BCUT2D eigenvalue weighted by atomic mass is 16.5. The van der Waals surface area contributed by atoms with E-state index in [1.165, 1.54) is 0 Å². The number of rotatable bonds is 4. The molecular weight excluding hydrogens is 318 g/mol. The van der Waals surface area contributed by atoms with Crippen molar-refractivity contribution in [3.8, 4) is 5.75 Å². The van der Waals surface area contributed by atoms with E-state index in [0.717, 1.165) is 47.9 Å². The summed E-state index contributed by atoms with van der Waals surface area (Å²) in [5.41, 5.74) is 0.844. The van der Waals surface area contributed by atoms with Crippen LogP contribution in [0.5, 0.6) is 5.75 Å². The van der Waals surface area contributed by atoms with Gasteiger partial charge in [-0.2, -0.15) is 5.10 Å². The molecule has 1 fully saturated rings. The zero-order chi connectivity index (χ0) is 17.4. The SMILES string of the molecule is CN(C)c1ncccc1O[C@H]1CCN(c2ncnc3c2cnn3C)C1. The number of hydrogen-bond acceptors (Lipinski definition) is 7. The van der Waals surface area contributed by atoms with Crippen LogP contribution in [0.4, 0.5) is 11.6 Å². The summed E-state index contributed by atoms with van der Waals surface area (Å²) >= 11 is 0. The Morgan fingerprint density at radius 1 is 1.24 bits per heavy atom. The van der Waals surface area contributed by atoms with E-state index in [0.29, 0.717) is 0 Å². The van der Waals surface area contributed by atoms with Crippen molar-refractivity contribution in [2.24, 2.45) is 7.05 Å². The summed E-state index contributed by atoms with van der Waals surface area (Å²) in [6, 6.07) is 3.87. The first-order valence-corrected chi connectivity index (χ1v) is 8.30. The molecule has 0 N–H and O–H groups in total. The number of anilines is 2. The topological polar surface area (TPSA) is 72.2 Å². The van der Waals surface area contributed by atoms with Crippen LogP contribution in [0.1, 0.15) is 6.42 Å². The molecule has 0 amide bonds. The summed E-state index contributed by atoms with van der Waals surface area (Å²) in [6.45, 7) is 1.67. The highest BCUT2D eigenvalue weighted by Crippen LogP contribution is 2.29. The Hall–Kier alpha value is -2.90. The van der Waals surface area contributed by atoms with Crippen LogP contribution in [0, 0.1) is 0 Å². The molecule has 1 aliphatic rings. The van der Waals surface area contributed by atoms with Crippen molar-refractivity contribution in [3.05, 3.63) is 30.9 Å². The number of aryl methyl sites for hydroxylation is 1. The third-order valence-electron chi connectivity index (χ3n) is 4.42. The number of pyridine rings is 1. The minimum absolute atomic E-state index is 0.101. The van der Waals surface area contributed by atoms with Crippen molar-refractivity contribution < 1.29 is 4.74 Å². The van der Waals surface area contributed by atoms with Gasteiger partial charge in [-0.15, -0.1) is 0 Å². The standard InChI is InChI=1S/C17H21N7O/c1-22(2)17-14(5-4-7-18-17)25-12-6-8-24(10-12)16-13-9-21-23(3)15(13)19-11-20-16/h4-5,7,9,11-12H,6,8,10H2,1-3H3/t12-/m0/s1. The van der Waals surface area contributed by atoms with Gasteiger partial charge in [0, 0.05) is 40.3 Å². The van der Waals surface area contributed by atoms with Gasteiger partial charge in [0.2, 0.25) is 0 Å². The second-order valence-electron chi connectivity index (χ2n) is 6.40. The fourth-order valence-electron chi connectivity index (χ4n) is 3.21. The predicted octanol–water partition coefficient (Wildman–Crippen LogP) is 1.48. The smallest absolute Gasteiger partial charge is 0.170 e. The minimum Gasteiger partial charge on any atom is -0.485 e. The molecule has 8 nitrogen and oxygen atoms in total. The van der Waals surface area contributed by atoms with E-state index in [2.05, 4.69) is 25.0 Å². The zero-order valence-corrected chi connectivity index (χ0v) is 14.6. The van der Waals surface area contributed by atoms with Gasteiger partial charge >= 0.3 is 0 Å². The van der Waals surface area contributed by atoms with Gasteiger partial charge in [0.15, 0.2) is 17.2 Å². The predicted molar refractivity (Wildman–Crippen MR) is 96.1 cm³/mol. The second kappa shape index (κ2) is 6.19. The van der Waals surface area contributed by atoms with E-state index in [-0.39, 0.29) is 6.10 Å². The lowest BCUT2D eigenvalue weighted by atomic mass is 10.3. The van der Waals surface area contributed by atoms with Crippen LogP contribution in [-0.2, 0) is 7.05 Å². The molecule has 0 unspecified atom stereocenters. The van der Waals surface area contributed by atoms with Gasteiger partial charge in [-0.3, -0.25) is 4.68 Å². The van der Waals surface area contributed by atoms with E-state index >= 15 is 0 Å². The Morgan fingerprint density at radius 3 is 2.96 bits per heavy atom. The van der Waals surface area contributed by atoms with Crippen LogP contribution in [-0.4, -0.2) is 58.0 Å². The Bertz CT molecular complexity index is 892. The zero-order valence-electron chi connectivity index (χ0n) is 14.6. The van der Waals surface area contributed by atoms with Crippen LogP contribution < -0.4 is 14.5 Å². The monoisotopic (exact) mass is 339 g/mol. The molecule has 0 spiro atoms. The molecular formula is C17H21N7O. The summed E-state index contributed by atoms with van der Waals surface area (Å²) in [5, 5.41) is 5.26. The fourth-order valence-corrected chi connectivity index (χ4v) is 3.21. The Balaban J connectivity index is 1.54. The van der Waals surface area contributed by atoms with Crippen LogP contribution in [0.3, 0.4) is 0 Å². The third kappa shape index (κ3) is 2.84. The van der Waals surface area contributed by atoms with Crippen LogP contribution in [0.15, 0.2) is 30.9 Å². The van der Waals surface area contributed by atoms with Crippen molar-refractivity contribution in [3.63, 3.8) is 0 Å². The summed E-state index contributed by atoms with van der Waals surface area (Å²) < 4.78 is 7.99. The molecule has 0 bridgehead atoms. The molecule has 1 atom stereocenters. The quantitative estimate of drug-likeness (QED) is 0.713. The first-order chi connectivity index (χ1) is 12.1. The molecule has 0 radical (unpaired) electrons. The average molecular weight is 339 g/mol. The Morgan fingerprint density at radius 2 is 2.12 bits per heavy atom. The van der Waals surface area contributed by atoms with Crippen LogP contribution in [0.25, 0.3) is 11.0 Å². The molecule has 4 heterocycles. The summed E-state index contributed by atoms with van der Waals surface area (Å²) in [4.78, 5) is 17.4. The van der Waals surface area contributed by atoms with Crippen molar-refractivity contribution >= 4 is 22.7 Å². The van der Waals surface area contributed by atoms with Gasteiger partial charge in [0.05, 0.1) is 18.1 Å². The normalized spacial score (nSPS) is 17.2. The maximum atomic E-state index is 6.23. The Labute approximate surface area is 146 Å². The molecule has 1 aliphatic heterocycles. The maximum absolute atomic E-state index is 6.23. The summed E-state index contributed by atoms with van der Waals surface area (Å²) in [6.07, 6.45) is 6.24. The highest BCUT2D eigenvalue weighted by Gasteiger charge is 2.27. The lowest BCUT2D eigenvalue weighted by Gasteiger charge is -2.21. The van der Waals surface area contributed by atoms with Gasteiger partial charge in [-0.1, -0.05) is 0 Å². The molecule has 1 saturated heterocycles. The van der Waals surface area contributed by atoms with Crippen molar-refractivity contribution in [2.75, 3.05) is 37.0 Å². The Kier molecular flexibility index (Phi) is 3.87. The number of fused-ring (bicyclic) bond motifs is 1. The minimum atomic E-state index is 0.101. The third-order valence-corrected chi connectivity index (χ3v) is 4.42. The largest absolute Gasteiger partial charge is 0.485 e. The summed E-state index contributed by atoms with van der Waals surface area (Å²) in [7, 11) is 5.83. The number of aromatic nitrogens is 5. The van der Waals surface area contributed by atoms with Gasteiger partial charge in [0.25, 0.3) is 0 Å². The molecule has 8 heteroatoms. The van der Waals surface area contributed by atoms with E-state index in [1.54, 1.807) is 17.2 Å². The van der Waals surface area contributed by atoms with Crippen molar-refractivity contribution in [2.45, 2.75) is 12.5 Å². The molecule has 0 aromatic carbocycles. The van der Waals surface area contributed by atoms with Gasteiger partial charge in [0.1, 0.15) is 18.2 Å². The number of hydrogen-bond donors (Lipinski definition) is 0. The average Bonchev–Trinajstić information content (AvgIpc) is 3.22. The van der Waals surface area contributed by atoms with E-state index in [1.807, 2.05) is 44.4 Å². The van der Waals surface area contributed by atoms with E-state index in [4.69, 9.17) is 4.74 Å². The molecule has 0 aliphatic carbocycles. The highest BCUT2D eigenvalue weighted by molar-refractivity contribution is 5.86. The molecule has 25 heavy (non-hydrogen) atoms. The van der Waals surface area contributed by atoms with Gasteiger partial charge in [-0.05, 0) is 12.1 Å². The number of nitrogens with zero attached hydrogens (tertiary/aromatic N) is 7. The maximum Gasteiger partial charge on any atom is 0.170 e.